The average molecular weight is 302 g/mol. The number of ether oxygens (including phenoxy) is 1. The normalized spacial score (nSPS) is 15.6. The van der Waals surface area contributed by atoms with Crippen LogP contribution in [0.5, 0.6) is 5.75 Å². The van der Waals surface area contributed by atoms with Gasteiger partial charge in [0.1, 0.15) is 0 Å². The first-order valence-electron chi connectivity index (χ1n) is 6.43. The van der Waals surface area contributed by atoms with Crippen molar-refractivity contribution in [2.45, 2.75) is 12.8 Å². The van der Waals surface area contributed by atoms with Crippen LogP contribution in [0.1, 0.15) is 12.8 Å². The van der Waals surface area contributed by atoms with E-state index in [0.29, 0.717) is 11.7 Å². The molecule has 0 amide bonds. The summed E-state index contributed by atoms with van der Waals surface area (Å²) in [7, 11) is 1.45. The van der Waals surface area contributed by atoms with Crippen LogP contribution in [0.15, 0.2) is 18.2 Å². The zero-order valence-electron chi connectivity index (χ0n) is 11.4. The Morgan fingerprint density at radius 1 is 1.45 bits per heavy atom. The predicted octanol–water partition coefficient (Wildman–Crippen LogP) is 2.20. The van der Waals surface area contributed by atoms with Crippen LogP contribution in [-0.2, 0) is 0 Å². The lowest BCUT2D eigenvalue weighted by Crippen LogP contribution is -2.36. The average Bonchev–Trinajstić information content (AvgIpc) is 2.46. The molecule has 0 bridgehead atoms. The largest absolute Gasteiger partial charge is 0.490 e. The van der Waals surface area contributed by atoms with E-state index in [4.69, 9.17) is 10.5 Å². The summed E-state index contributed by atoms with van der Waals surface area (Å²) in [4.78, 5) is 12.6. The van der Waals surface area contributed by atoms with Crippen molar-refractivity contribution >= 4 is 23.8 Å². The van der Waals surface area contributed by atoms with Crippen LogP contribution in [0.4, 0.5) is 11.4 Å². The van der Waals surface area contributed by atoms with E-state index in [2.05, 4.69) is 4.90 Å². The lowest BCUT2D eigenvalue weighted by Gasteiger charge is -2.33. The second kappa shape index (κ2) is 7.31. The molecule has 0 aliphatic carbocycles. The molecule has 1 aliphatic rings. The van der Waals surface area contributed by atoms with Gasteiger partial charge in [-0.3, -0.25) is 10.1 Å². The third-order valence-electron chi connectivity index (χ3n) is 3.67. The number of rotatable bonds is 4. The van der Waals surface area contributed by atoms with Crippen molar-refractivity contribution in [3.05, 3.63) is 28.3 Å². The van der Waals surface area contributed by atoms with Gasteiger partial charge < -0.3 is 15.4 Å². The molecule has 1 aromatic rings. The monoisotopic (exact) mass is 301 g/mol. The summed E-state index contributed by atoms with van der Waals surface area (Å²) in [5.74, 6) is 0.902. The molecule has 0 atom stereocenters. The molecule has 2 N–H and O–H groups in total. The second-order valence-electron chi connectivity index (χ2n) is 4.78. The lowest BCUT2D eigenvalue weighted by molar-refractivity contribution is -0.385. The highest BCUT2D eigenvalue weighted by molar-refractivity contribution is 5.85. The maximum absolute atomic E-state index is 10.8. The fourth-order valence-electron chi connectivity index (χ4n) is 2.44. The van der Waals surface area contributed by atoms with Crippen molar-refractivity contribution < 1.29 is 9.66 Å². The van der Waals surface area contributed by atoms with Gasteiger partial charge in [0.05, 0.1) is 12.0 Å². The lowest BCUT2D eigenvalue weighted by atomic mass is 9.97. The first-order chi connectivity index (χ1) is 9.15. The van der Waals surface area contributed by atoms with Gasteiger partial charge in [-0.05, 0) is 31.4 Å². The molecule has 0 radical (unpaired) electrons. The highest BCUT2D eigenvalue weighted by Gasteiger charge is 2.21. The van der Waals surface area contributed by atoms with Crippen LogP contribution < -0.4 is 15.4 Å². The second-order valence-corrected chi connectivity index (χ2v) is 4.78. The van der Waals surface area contributed by atoms with Crippen LogP contribution in [-0.4, -0.2) is 31.7 Å². The van der Waals surface area contributed by atoms with E-state index in [1.165, 1.54) is 13.2 Å². The zero-order chi connectivity index (χ0) is 13.8. The highest BCUT2D eigenvalue weighted by Crippen LogP contribution is 2.32. The summed E-state index contributed by atoms with van der Waals surface area (Å²) in [5.41, 5.74) is 6.65. The maximum Gasteiger partial charge on any atom is 0.311 e. The number of hydrogen-bond acceptors (Lipinski definition) is 5. The van der Waals surface area contributed by atoms with Crippen molar-refractivity contribution in [1.29, 1.82) is 0 Å². The van der Waals surface area contributed by atoms with Crippen molar-refractivity contribution in [3.63, 3.8) is 0 Å². The summed E-state index contributed by atoms with van der Waals surface area (Å²) in [5, 5.41) is 10.8. The van der Waals surface area contributed by atoms with Gasteiger partial charge in [0, 0.05) is 30.9 Å². The van der Waals surface area contributed by atoms with Crippen LogP contribution >= 0.6 is 12.4 Å². The molecule has 1 fully saturated rings. The van der Waals surface area contributed by atoms with Gasteiger partial charge in [0.15, 0.2) is 5.75 Å². The van der Waals surface area contributed by atoms with E-state index in [9.17, 15) is 10.1 Å². The van der Waals surface area contributed by atoms with Gasteiger partial charge in [-0.25, -0.2) is 0 Å². The number of nitro benzene ring substituents is 1. The van der Waals surface area contributed by atoms with Crippen molar-refractivity contribution in [2.75, 3.05) is 31.6 Å². The summed E-state index contributed by atoms with van der Waals surface area (Å²) in [6.07, 6.45) is 2.13. The highest BCUT2D eigenvalue weighted by atomic mass is 35.5. The minimum atomic E-state index is -0.427. The Morgan fingerprint density at radius 3 is 2.60 bits per heavy atom. The van der Waals surface area contributed by atoms with E-state index in [-0.39, 0.29) is 18.1 Å². The Morgan fingerprint density at radius 2 is 2.10 bits per heavy atom. The van der Waals surface area contributed by atoms with Gasteiger partial charge in [-0.15, -0.1) is 12.4 Å². The number of anilines is 1. The number of halogens is 1. The molecule has 1 aliphatic heterocycles. The van der Waals surface area contributed by atoms with Crippen LogP contribution in [0.25, 0.3) is 0 Å². The third-order valence-corrected chi connectivity index (χ3v) is 3.67. The van der Waals surface area contributed by atoms with Gasteiger partial charge >= 0.3 is 5.69 Å². The molecule has 0 unspecified atom stereocenters. The maximum atomic E-state index is 10.8. The SMILES string of the molecule is COc1cc(N2CCC(CN)CC2)ccc1[N+](=O)[O-].Cl. The first-order valence-corrected chi connectivity index (χ1v) is 6.43. The Hall–Kier alpha value is -1.53. The molecule has 112 valence electrons. The zero-order valence-corrected chi connectivity index (χ0v) is 12.3. The number of nitrogens with zero attached hydrogens (tertiary/aromatic N) is 2. The molecule has 1 aromatic carbocycles. The molecular weight excluding hydrogens is 282 g/mol. The minimum absolute atomic E-state index is 0. The van der Waals surface area contributed by atoms with E-state index < -0.39 is 4.92 Å². The van der Waals surface area contributed by atoms with Gasteiger partial charge in [-0.1, -0.05) is 0 Å². The quantitative estimate of drug-likeness (QED) is 0.681. The summed E-state index contributed by atoms with van der Waals surface area (Å²) < 4.78 is 5.09. The molecule has 2 rings (SSSR count). The number of benzene rings is 1. The van der Waals surface area contributed by atoms with Gasteiger partial charge in [0.25, 0.3) is 0 Å². The molecule has 1 heterocycles. The van der Waals surface area contributed by atoms with Crippen molar-refractivity contribution in [1.82, 2.24) is 0 Å². The smallest absolute Gasteiger partial charge is 0.311 e. The first kappa shape index (κ1) is 16.5. The third kappa shape index (κ3) is 3.52. The Labute approximate surface area is 124 Å². The van der Waals surface area contributed by atoms with E-state index in [1.807, 2.05) is 0 Å². The Balaban J connectivity index is 0.00000200. The Bertz CT molecular complexity index is 462. The van der Waals surface area contributed by atoms with E-state index in [0.717, 1.165) is 38.2 Å². The molecule has 0 aromatic heterocycles. The minimum Gasteiger partial charge on any atom is -0.490 e. The fraction of sp³-hybridized carbons (Fsp3) is 0.538. The van der Waals surface area contributed by atoms with Crippen LogP contribution in [0.3, 0.4) is 0 Å². The molecule has 20 heavy (non-hydrogen) atoms. The fourth-order valence-corrected chi connectivity index (χ4v) is 2.44. The number of methoxy groups -OCH3 is 1. The standard InChI is InChI=1S/C13H19N3O3.ClH/c1-19-13-8-11(2-3-12(13)16(17)18)15-6-4-10(9-14)5-7-15;/h2-3,8,10H,4-7,9,14H2,1H3;1H. The van der Waals surface area contributed by atoms with Gasteiger partial charge in [0.2, 0.25) is 0 Å². The molecule has 0 saturated carbocycles. The summed E-state index contributed by atoms with van der Waals surface area (Å²) in [6.45, 7) is 2.60. The molecule has 1 saturated heterocycles. The van der Waals surface area contributed by atoms with Crippen LogP contribution in [0.2, 0.25) is 0 Å². The van der Waals surface area contributed by atoms with Crippen LogP contribution in [0, 0.1) is 16.0 Å². The number of nitrogens with two attached hydrogens (primary N) is 1. The topological polar surface area (TPSA) is 81.6 Å². The number of hydrogen-bond donors (Lipinski definition) is 1. The molecule has 7 heteroatoms. The number of piperidine rings is 1. The van der Waals surface area contributed by atoms with Gasteiger partial charge in [-0.2, -0.15) is 0 Å². The molecular formula is C13H20ClN3O3. The van der Waals surface area contributed by atoms with E-state index in [1.54, 1.807) is 12.1 Å². The van der Waals surface area contributed by atoms with Crippen molar-refractivity contribution in [3.8, 4) is 5.75 Å². The molecule has 0 spiro atoms. The summed E-state index contributed by atoms with van der Waals surface area (Å²) >= 11 is 0. The summed E-state index contributed by atoms with van der Waals surface area (Å²) in [6, 6.07) is 5.02. The van der Waals surface area contributed by atoms with Crippen molar-refractivity contribution in [2.24, 2.45) is 11.7 Å². The van der Waals surface area contributed by atoms with E-state index >= 15 is 0 Å². The Kier molecular flexibility index (Phi) is 6.04. The predicted molar refractivity (Wildman–Crippen MR) is 80.9 cm³/mol. The molecule has 6 nitrogen and oxygen atoms in total. The number of nitro groups is 1.